The van der Waals surface area contributed by atoms with E-state index in [2.05, 4.69) is 9.88 Å². The fourth-order valence-electron chi connectivity index (χ4n) is 1.96. The summed E-state index contributed by atoms with van der Waals surface area (Å²) < 4.78 is 0. The van der Waals surface area contributed by atoms with Crippen LogP contribution in [0.2, 0.25) is 0 Å². The van der Waals surface area contributed by atoms with E-state index in [9.17, 15) is 9.90 Å². The minimum absolute atomic E-state index is 0.0462. The SMILES string of the molecule is CN1CCCN(C(=O)c2ncccc2O)CC1. The van der Waals surface area contributed by atoms with Gasteiger partial charge < -0.3 is 14.9 Å². The number of hydrogen-bond acceptors (Lipinski definition) is 4. The van der Waals surface area contributed by atoms with Gasteiger partial charge in [-0.15, -0.1) is 0 Å². The van der Waals surface area contributed by atoms with Gasteiger partial charge in [-0.05, 0) is 32.1 Å². The van der Waals surface area contributed by atoms with Gasteiger partial charge in [0.05, 0.1) is 0 Å². The second kappa shape index (κ2) is 5.14. The Morgan fingerprint density at radius 1 is 1.35 bits per heavy atom. The second-order valence-corrected chi connectivity index (χ2v) is 4.32. The van der Waals surface area contributed by atoms with Crippen molar-refractivity contribution in [2.45, 2.75) is 6.42 Å². The third-order valence-corrected chi connectivity index (χ3v) is 3.00. The largest absolute Gasteiger partial charge is 0.505 e. The van der Waals surface area contributed by atoms with E-state index >= 15 is 0 Å². The molecule has 1 fully saturated rings. The number of amides is 1. The highest BCUT2D eigenvalue weighted by molar-refractivity contribution is 5.94. The molecule has 0 aromatic carbocycles. The molecule has 2 heterocycles. The van der Waals surface area contributed by atoms with Gasteiger partial charge in [-0.25, -0.2) is 4.98 Å². The molecule has 1 aliphatic heterocycles. The third-order valence-electron chi connectivity index (χ3n) is 3.00. The summed E-state index contributed by atoms with van der Waals surface area (Å²) in [5.41, 5.74) is 0.150. The Morgan fingerprint density at radius 2 is 2.18 bits per heavy atom. The quantitative estimate of drug-likeness (QED) is 0.773. The number of carbonyl (C=O) groups is 1. The molecule has 1 amide bonds. The molecular formula is C12H17N3O2. The number of hydrogen-bond donors (Lipinski definition) is 1. The maximum absolute atomic E-state index is 12.2. The Bertz CT molecular complexity index is 408. The van der Waals surface area contributed by atoms with Crippen molar-refractivity contribution >= 4 is 5.91 Å². The van der Waals surface area contributed by atoms with E-state index in [0.29, 0.717) is 6.54 Å². The van der Waals surface area contributed by atoms with Crippen LogP contribution in [0.4, 0.5) is 0 Å². The standard InChI is InChI=1S/C12H17N3O2/c1-14-6-3-7-15(9-8-14)12(17)11-10(16)4-2-5-13-11/h2,4-5,16H,3,6-9H2,1H3. The molecule has 0 aliphatic carbocycles. The molecule has 1 N–H and O–H groups in total. The summed E-state index contributed by atoms with van der Waals surface area (Å²) in [6.45, 7) is 3.27. The first-order valence-electron chi connectivity index (χ1n) is 5.80. The predicted octanol–water partition coefficient (Wildman–Crippen LogP) is 0.565. The lowest BCUT2D eigenvalue weighted by Crippen LogP contribution is -2.35. The molecule has 17 heavy (non-hydrogen) atoms. The van der Waals surface area contributed by atoms with Crippen LogP contribution in [0.3, 0.4) is 0 Å². The number of pyridine rings is 1. The second-order valence-electron chi connectivity index (χ2n) is 4.32. The van der Waals surface area contributed by atoms with Crippen molar-refractivity contribution in [1.29, 1.82) is 0 Å². The van der Waals surface area contributed by atoms with E-state index < -0.39 is 0 Å². The third kappa shape index (κ3) is 2.74. The molecular weight excluding hydrogens is 218 g/mol. The summed E-state index contributed by atoms with van der Waals surface area (Å²) in [5.74, 6) is -0.228. The van der Waals surface area contributed by atoms with Crippen LogP contribution in [-0.2, 0) is 0 Å². The van der Waals surface area contributed by atoms with Gasteiger partial charge in [0.1, 0.15) is 5.75 Å². The summed E-state index contributed by atoms with van der Waals surface area (Å²) in [5, 5.41) is 9.61. The Labute approximate surface area is 101 Å². The first kappa shape index (κ1) is 11.9. The number of likely N-dealkylation sites (N-methyl/N-ethyl adjacent to an activating group) is 1. The first-order valence-corrected chi connectivity index (χ1v) is 5.80. The molecule has 92 valence electrons. The Kier molecular flexibility index (Phi) is 3.58. The predicted molar refractivity (Wildman–Crippen MR) is 63.9 cm³/mol. The van der Waals surface area contributed by atoms with Crippen molar-refractivity contribution in [3.05, 3.63) is 24.0 Å². The fraction of sp³-hybridized carbons (Fsp3) is 0.500. The highest BCUT2D eigenvalue weighted by Gasteiger charge is 2.21. The number of aromatic hydroxyl groups is 1. The minimum atomic E-state index is -0.182. The van der Waals surface area contributed by atoms with Gasteiger partial charge in [-0.3, -0.25) is 4.79 Å². The molecule has 2 rings (SSSR count). The smallest absolute Gasteiger partial charge is 0.276 e. The number of aromatic nitrogens is 1. The average Bonchev–Trinajstić information content (AvgIpc) is 2.54. The van der Waals surface area contributed by atoms with E-state index in [0.717, 1.165) is 26.1 Å². The molecule has 1 saturated heterocycles. The zero-order chi connectivity index (χ0) is 12.3. The lowest BCUT2D eigenvalue weighted by atomic mass is 10.2. The molecule has 1 aliphatic rings. The van der Waals surface area contributed by atoms with Crippen molar-refractivity contribution in [1.82, 2.24) is 14.8 Å². The normalized spacial score (nSPS) is 17.8. The van der Waals surface area contributed by atoms with Crippen molar-refractivity contribution in [2.24, 2.45) is 0 Å². The molecule has 0 atom stereocenters. The summed E-state index contributed by atoms with van der Waals surface area (Å²) in [6, 6.07) is 3.10. The monoisotopic (exact) mass is 235 g/mol. The van der Waals surface area contributed by atoms with Crippen molar-refractivity contribution < 1.29 is 9.90 Å². The van der Waals surface area contributed by atoms with Crippen LogP contribution in [-0.4, -0.2) is 59.0 Å². The van der Waals surface area contributed by atoms with E-state index in [1.807, 2.05) is 7.05 Å². The van der Waals surface area contributed by atoms with Gasteiger partial charge >= 0.3 is 0 Å². The molecule has 0 spiro atoms. The van der Waals surface area contributed by atoms with Crippen molar-refractivity contribution in [3.8, 4) is 5.75 Å². The van der Waals surface area contributed by atoms with Gasteiger partial charge in [-0.1, -0.05) is 0 Å². The van der Waals surface area contributed by atoms with E-state index in [-0.39, 0.29) is 17.4 Å². The molecule has 1 aromatic heterocycles. The molecule has 0 unspecified atom stereocenters. The van der Waals surface area contributed by atoms with Crippen LogP contribution >= 0.6 is 0 Å². The van der Waals surface area contributed by atoms with Gasteiger partial charge in [-0.2, -0.15) is 0 Å². The Balaban J connectivity index is 2.12. The zero-order valence-electron chi connectivity index (χ0n) is 9.96. The van der Waals surface area contributed by atoms with Gasteiger partial charge in [0.2, 0.25) is 0 Å². The molecule has 5 nitrogen and oxygen atoms in total. The highest BCUT2D eigenvalue weighted by Crippen LogP contribution is 2.16. The minimum Gasteiger partial charge on any atom is -0.505 e. The maximum atomic E-state index is 12.2. The molecule has 0 radical (unpaired) electrons. The van der Waals surface area contributed by atoms with E-state index in [4.69, 9.17) is 0 Å². The summed E-state index contributed by atoms with van der Waals surface area (Å²) in [4.78, 5) is 20.1. The summed E-state index contributed by atoms with van der Waals surface area (Å²) >= 11 is 0. The van der Waals surface area contributed by atoms with Crippen LogP contribution in [0.15, 0.2) is 18.3 Å². The Morgan fingerprint density at radius 3 is 2.94 bits per heavy atom. The molecule has 0 bridgehead atoms. The number of nitrogens with zero attached hydrogens (tertiary/aromatic N) is 3. The van der Waals surface area contributed by atoms with Crippen molar-refractivity contribution in [2.75, 3.05) is 33.2 Å². The average molecular weight is 235 g/mol. The van der Waals surface area contributed by atoms with Crippen LogP contribution in [0, 0.1) is 0 Å². The van der Waals surface area contributed by atoms with Gasteiger partial charge in [0, 0.05) is 25.8 Å². The highest BCUT2D eigenvalue weighted by atomic mass is 16.3. The summed E-state index contributed by atoms with van der Waals surface area (Å²) in [6.07, 6.45) is 2.48. The number of rotatable bonds is 1. The van der Waals surface area contributed by atoms with Gasteiger partial charge in [0.25, 0.3) is 5.91 Å². The molecule has 1 aromatic rings. The lowest BCUT2D eigenvalue weighted by molar-refractivity contribution is 0.0753. The Hall–Kier alpha value is -1.62. The van der Waals surface area contributed by atoms with Crippen LogP contribution < -0.4 is 0 Å². The van der Waals surface area contributed by atoms with Crippen LogP contribution in [0.1, 0.15) is 16.9 Å². The lowest BCUT2D eigenvalue weighted by Gasteiger charge is -2.20. The first-order chi connectivity index (χ1) is 8.18. The van der Waals surface area contributed by atoms with Crippen LogP contribution in [0.25, 0.3) is 0 Å². The molecule has 0 saturated carbocycles. The molecule has 5 heteroatoms. The summed E-state index contributed by atoms with van der Waals surface area (Å²) in [7, 11) is 2.05. The van der Waals surface area contributed by atoms with E-state index in [1.54, 1.807) is 11.0 Å². The van der Waals surface area contributed by atoms with Crippen molar-refractivity contribution in [3.63, 3.8) is 0 Å². The zero-order valence-corrected chi connectivity index (χ0v) is 9.96. The van der Waals surface area contributed by atoms with E-state index in [1.165, 1.54) is 12.3 Å². The number of carbonyl (C=O) groups excluding carboxylic acids is 1. The van der Waals surface area contributed by atoms with Gasteiger partial charge in [0.15, 0.2) is 5.69 Å². The topological polar surface area (TPSA) is 56.7 Å². The van der Waals surface area contributed by atoms with Crippen LogP contribution in [0.5, 0.6) is 5.75 Å². The fourth-order valence-corrected chi connectivity index (χ4v) is 1.96. The maximum Gasteiger partial charge on any atom is 0.276 e.